The molecule has 2 saturated heterocycles. The summed E-state index contributed by atoms with van der Waals surface area (Å²) in [6.45, 7) is 9.64. The molecule has 1 aromatic carbocycles. The van der Waals surface area contributed by atoms with E-state index < -0.39 is 0 Å². The number of rotatable bonds is 3. The number of ether oxygens (including phenoxy) is 1. The van der Waals surface area contributed by atoms with Crippen LogP contribution >= 0.6 is 0 Å². The SMILES string of the molecule is CCOC(=O)c1cccc(N2CC[N+]3(CCCC3)CC2)c1. The zero-order valence-corrected chi connectivity index (χ0v) is 12.9. The summed E-state index contributed by atoms with van der Waals surface area (Å²) in [5, 5.41) is 0. The fraction of sp³-hybridized carbons (Fsp3) is 0.588. The van der Waals surface area contributed by atoms with Crippen molar-refractivity contribution in [2.45, 2.75) is 19.8 Å². The topological polar surface area (TPSA) is 29.5 Å². The van der Waals surface area contributed by atoms with Gasteiger partial charge in [-0.3, -0.25) is 0 Å². The van der Waals surface area contributed by atoms with Crippen LogP contribution in [0.5, 0.6) is 0 Å². The number of nitrogens with zero attached hydrogens (tertiary/aromatic N) is 2. The van der Waals surface area contributed by atoms with E-state index >= 15 is 0 Å². The van der Waals surface area contributed by atoms with Gasteiger partial charge in [-0.1, -0.05) is 6.07 Å². The van der Waals surface area contributed by atoms with Gasteiger partial charge in [0.05, 0.1) is 51.4 Å². The van der Waals surface area contributed by atoms with E-state index in [1.54, 1.807) is 0 Å². The second-order valence-electron chi connectivity index (χ2n) is 6.20. The van der Waals surface area contributed by atoms with Gasteiger partial charge in [0.1, 0.15) is 0 Å². The number of piperazine rings is 1. The highest BCUT2D eigenvalue weighted by Crippen LogP contribution is 2.25. The molecule has 4 nitrogen and oxygen atoms in total. The monoisotopic (exact) mass is 289 g/mol. The standard InChI is InChI=1S/C17H25N2O2/c1-2-21-17(20)15-6-5-7-16(14-15)18-8-12-19(13-9-18)10-3-4-11-19/h5-7,14H,2-4,8-13H2,1H3/q+1. The Balaban J connectivity index is 1.67. The summed E-state index contributed by atoms with van der Waals surface area (Å²) in [5.74, 6) is -0.223. The van der Waals surface area contributed by atoms with E-state index in [2.05, 4.69) is 11.0 Å². The van der Waals surface area contributed by atoms with Crippen LogP contribution in [0.15, 0.2) is 24.3 Å². The summed E-state index contributed by atoms with van der Waals surface area (Å²) in [5.41, 5.74) is 1.81. The summed E-state index contributed by atoms with van der Waals surface area (Å²) in [7, 11) is 0. The molecule has 0 unspecified atom stereocenters. The average molecular weight is 289 g/mol. The highest BCUT2D eigenvalue weighted by molar-refractivity contribution is 5.90. The molecule has 0 radical (unpaired) electrons. The highest BCUT2D eigenvalue weighted by Gasteiger charge is 2.35. The largest absolute Gasteiger partial charge is 0.462 e. The quantitative estimate of drug-likeness (QED) is 0.631. The maximum Gasteiger partial charge on any atom is 0.338 e. The molecule has 4 heteroatoms. The van der Waals surface area contributed by atoms with Gasteiger partial charge in [0.2, 0.25) is 0 Å². The van der Waals surface area contributed by atoms with Crippen LogP contribution in [-0.2, 0) is 4.74 Å². The molecule has 3 rings (SSSR count). The van der Waals surface area contributed by atoms with Crippen LogP contribution in [0.1, 0.15) is 30.1 Å². The van der Waals surface area contributed by atoms with Crippen LogP contribution in [0.25, 0.3) is 0 Å². The van der Waals surface area contributed by atoms with Crippen molar-refractivity contribution in [2.24, 2.45) is 0 Å². The second-order valence-corrected chi connectivity index (χ2v) is 6.20. The molecular weight excluding hydrogens is 264 g/mol. The molecule has 114 valence electrons. The summed E-state index contributed by atoms with van der Waals surface area (Å²) >= 11 is 0. The van der Waals surface area contributed by atoms with E-state index in [4.69, 9.17) is 4.74 Å². The van der Waals surface area contributed by atoms with Crippen LogP contribution in [0.2, 0.25) is 0 Å². The van der Waals surface area contributed by atoms with E-state index in [0.29, 0.717) is 12.2 Å². The summed E-state index contributed by atoms with van der Waals surface area (Å²) < 4.78 is 6.40. The molecule has 0 saturated carbocycles. The van der Waals surface area contributed by atoms with E-state index in [-0.39, 0.29) is 5.97 Å². The number of anilines is 1. The minimum Gasteiger partial charge on any atom is -0.462 e. The lowest BCUT2D eigenvalue weighted by Crippen LogP contribution is -2.58. The minimum atomic E-state index is -0.223. The van der Waals surface area contributed by atoms with Crippen LogP contribution in [0.4, 0.5) is 5.69 Å². The molecular formula is C17H25N2O2+. The zero-order chi connectivity index (χ0) is 14.7. The molecule has 0 atom stereocenters. The third-order valence-corrected chi connectivity index (χ3v) is 4.93. The molecule has 0 aliphatic carbocycles. The molecule has 0 N–H and O–H groups in total. The number of hydrogen-bond donors (Lipinski definition) is 0. The number of esters is 1. The summed E-state index contributed by atoms with van der Waals surface area (Å²) in [4.78, 5) is 14.2. The predicted molar refractivity (Wildman–Crippen MR) is 83.6 cm³/mol. The van der Waals surface area contributed by atoms with Crippen LogP contribution in [0, 0.1) is 0 Å². The van der Waals surface area contributed by atoms with E-state index in [0.717, 1.165) is 18.8 Å². The van der Waals surface area contributed by atoms with Crippen molar-refractivity contribution in [1.29, 1.82) is 0 Å². The third kappa shape index (κ3) is 3.05. The molecule has 21 heavy (non-hydrogen) atoms. The Morgan fingerprint density at radius 2 is 1.90 bits per heavy atom. The fourth-order valence-corrected chi connectivity index (χ4v) is 3.64. The zero-order valence-electron chi connectivity index (χ0n) is 12.9. The van der Waals surface area contributed by atoms with Gasteiger partial charge in [-0.05, 0) is 25.1 Å². The Hall–Kier alpha value is -1.55. The minimum absolute atomic E-state index is 0.223. The molecule has 2 aliphatic heterocycles. The van der Waals surface area contributed by atoms with Crippen molar-refractivity contribution < 1.29 is 14.0 Å². The average Bonchev–Trinajstić information content (AvgIpc) is 2.97. The molecule has 1 spiro atoms. The van der Waals surface area contributed by atoms with Crippen molar-refractivity contribution in [3.05, 3.63) is 29.8 Å². The van der Waals surface area contributed by atoms with E-state index in [9.17, 15) is 4.79 Å². The van der Waals surface area contributed by atoms with Gasteiger partial charge in [0.15, 0.2) is 0 Å². The van der Waals surface area contributed by atoms with Gasteiger partial charge in [0, 0.05) is 18.5 Å². The van der Waals surface area contributed by atoms with Gasteiger partial charge in [-0.25, -0.2) is 4.79 Å². The molecule has 2 fully saturated rings. The molecule has 0 aromatic heterocycles. The maximum absolute atomic E-state index is 11.8. The Labute approximate surface area is 126 Å². The lowest BCUT2D eigenvalue weighted by molar-refractivity contribution is -0.917. The van der Waals surface area contributed by atoms with Gasteiger partial charge in [-0.15, -0.1) is 0 Å². The predicted octanol–water partition coefficient (Wildman–Crippen LogP) is 2.29. The van der Waals surface area contributed by atoms with Gasteiger partial charge in [-0.2, -0.15) is 0 Å². The fourth-order valence-electron chi connectivity index (χ4n) is 3.64. The second kappa shape index (κ2) is 6.06. The smallest absolute Gasteiger partial charge is 0.338 e. The molecule has 0 amide bonds. The highest BCUT2D eigenvalue weighted by atomic mass is 16.5. The first-order valence-corrected chi connectivity index (χ1v) is 8.10. The Morgan fingerprint density at radius 1 is 1.19 bits per heavy atom. The van der Waals surface area contributed by atoms with Crippen LogP contribution in [-0.4, -0.2) is 56.3 Å². The number of quaternary nitrogens is 1. The molecule has 2 aliphatic rings. The number of carbonyl (C=O) groups excluding carboxylic acids is 1. The van der Waals surface area contributed by atoms with Crippen molar-refractivity contribution in [2.75, 3.05) is 50.8 Å². The number of carbonyl (C=O) groups is 1. The van der Waals surface area contributed by atoms with Crippen molar-refractivity contribution in [1.82, 2.24) is 0 Å². The Bertz CT molecular complexity index is 499. The molecule has 0 bridgehead atoms. The van der Waals surface area contributed by atoms with Crippen molar-refractivity contribution in [3.8, 4) is 0 Å². The van der Waals surface area contributed by atoms with E-state index in [1.165, 1.54) is 43.5 Å². The Morgan fingerprint density at radius 3 is 2.57 bits per heavy atom. The lowest BCUT2D eigenvalue weighted by Gasteiger charge is -2.42. The maximum atomic E-state index is 11.8. The van der Waals surface area contributed by atoms with Crippen LogP contribution < -0.4 is 4.90 Å². The first-order valence-electron chi connectivity index (χ1n) is 8.10. The first-order chi connectivity index (χ1) is 10.2. The summed E-state index contributed by atoms with van der Waals surface area (Å²) in [6.07, 6.45) is 2.77. The normalized spacial score (nSPS) is 20.7. The lowest BCUT2D eigenvalue weighted by atomic mass is 10.1. The first kappa shape index (κ1) is 14.4. The number of benzene rings is 1. The summed E-state index contributed by atoms with van der Waals surface area (Å²) in [6, 6.07) is 7.86. The Kier molecular flexibility index (Phi) is 4.15. The number of hydrogen-bond acceptors (Lipinski definition) is 3. The van der Waals surface area contributed by atoms with Crippen molar-refractivity contribution >= 4 is 11.7 Å². The van der Waals surface area contributed by atoms with Gasteiger partial charge >= 0.3 is 5.97 Å². The molecule has 2 heterocycles. The van der Waals surface area contributed by atoms with Gasteiger partial charge < -0.3 is 14.1 Å². The van der Waals surface area contributed by atoms with E-state index in [1.807, 2.05) is 25.1 Å². The van der Waals surface area contributed by atoms with Crippen LogP contribution in [0.3, 0.4) is 0 Å². The van der Waals surface area contributed by atoms with Crippen molar-refractivity contribution in [3.63, 3.8) is 0 Å². The van der Waals surface area contributed by atoms with Gasteiger partial charge in [0.25, 0.3) is 0 Å². The third-order valence-electron chi connectivity index (χ3n) is 4.93. The molecule has 1 aromatic rings.